The summed E-state index contributed by atoms with van der Waals surface area (Å²) in [6.07, 6.45) is 0. The van der Waals surface area contributed by atoms with Gasteiger partial charge in [0.05, 0.1) is 4.90 Å². The Morgan fingerprint density at radius 1 is 0.900 bits per heavy atom. The van der Waals surface area contributed by atoms with Crippen LogP contribution in [0.1, 0.15) is 5.76 Å². The lowest BCUT2D eigenvalue weighted by Crippen LogP contribution is -2.14. The Balaban J connectivity index is 1.68. The summed E-state index contributed by atoms with van der Waals surface area (Å²) in [6.45, 7) is -0.0991. The van der Waals surface area contributed by atoms with Crippen LogP contribution >= 0.6 is 0 Å². The highest BCUT2D eigenvalue weighted by Crippen LogP contribution is 2.33. The predicted molar refractivity (Wildman–Crippen MR) is 110 cm³/mol. The van der Waals surface area contributed by atoms with Gasteiger partial charge in [-0.2, -0.15) is 0 Å². The lowest BCUT2D eigenvalue weighted by atomic mass is 10.1. The average Bonchev–Trinajstić information content (AvgIpc) is 3.16. The normalized spacial score (nSPS) is 11.2. The van der Waals surface area contributed by atoms with Gasteiger partial charge in [-0.1, -0.05) is 53.7 Å². The summed E-state index contributed by atoms with van der Waals surface area (Å²) >= 11 is 0. The lowest BCUT2D eigenvalue weighted by molar-refractivity contribution is 0.250. The lowest BCUT2D eigenvalue weighted by Gasteiger charge is -2.10. The third-order valence-electron chi connectivity index (χ3n) is 4.28. The molecule has 1 aromatic heterocycles. The maximum atomic E-state index is 13.1. The molecule has 6 nitrogen and oxygen atoms in total. The van der Waals surface area contributed by atoms with Gasteiger partial charge in [-0.25, -0.2) is 12.8 Å². The first-order chi connectivity index (χ1) is 14.5. The molecule has 0 aliphatic carbocycles. The second kappa shape index (κ2) is 8.38. The molecule has 0 saturated heterocycles. The van der Waals surface area contributed by atoms with E-state index >= 15 is 0 Å². The Morgan fingerprint density at radius 2 is 1.53 bits per heavy atom. The number of benzene rings is 3. The van der Waals surface area contributed by atoms with E-state index in [1.165, 1.54) is 36.4 Å². The molecule has 0 aliphatic rings. The fourth-order valence-electron chi connectivity index (χ4n) is 2.79. The fourth-order valence-corrected chi connectivity index (χ4v) is 3.91. The van der Waals surface area contributed by atoms with Crippen LogP contribution in [0.25, 0.3) is 11.3 Å². The van der Waals surface area contributed by atoms with Gasteiger partial charge < -0.3 is 9.26 Å². The van der Waals surface area contributed by atoms with E-state index in [0.717, 1.165) is 0 Å². The van der Waals surface area contributed by atoms with Gasteiger partial charge in [0, 0.05) is 5.56 Å². The maximum Gasteiger partial charge on any atom is 0.262 e. The topological polar surface area (TPSA) is 81.4 Å². The predicted octanol–water partition coefficient (Wildman–Crippen LogP) is 4.86. The Kier molecular flexibility index (Phi) is 5.49. The van der Waals surface area contributed by atoms with Crippen LogP contribution in [0, 0.1) is 5.82 Å². The third kappa shape index (κ3) is 4.33. The maximum absolute atomic E-state index is 13.1. The summed E-state index contributed by atoms with van der Waals surface area (Å²) in [5.74, 6) is 0.216. The first kappa shape index (κ1) is 19.7. The van der Waals surface area contributed by atoms with Crippen molar-refractivity contribution in [1.82, 2.24) is 5.16 Å². The van der Waals surface area contributed by atoms with Gasteiger partial charge in [0.15, 0.2) is 12.4 Å². The van der Waals surface area contributed by atoms with E-state index in [0.29, 0.717) is 17.0 Å². The van der Waals surface area contributed by atoms with Crippen LogP contribution in [0.5, 0.6) is 5.75 Å². The molecule has 0 unspecified atom stereocenters. The number of aromatic nitrogens is 1. The molecular formula is C22H17FN2O4S. The highest BCUT2D eigenvalue weighted by atomic mass is 32.2. The number of hydrogen-bond acceptors (Lipinski definition) is 5. The Hall–Kier alpha value is -3.65. The van der Waals surface area contributed by atoms with E-state index in [1.807, 2.05) is 18.2 Å². The molecule has 1 N–H and O–H groups in total. The highest BCUT2D eigenvalue weighted by molar-refractivity contribution is 7.92. The molecule has 0 saturated carbocycles. The van der Waals surface area contributed by atoms with Crippen LogP contribution in [0.2, 0.25) is 0 Å². The second-order valence-electron chi connectivity index (χ2n) is 6.36. The third-order valence-corrected chi connectivity index (χ3v) is 5.65. The molecule has 0 radical (unpaired) electrons. The van der Waals surface area contributed by atoms with Crippen molar-refractivity contribution in [3.05, 3.63) is 96.5 Å². The van der Waals surface area contributed by atoms with Crippen LogP contribution in [0.4, 0.5) is 10.1 Å². The Morgan fingerprint density at radius 3 is 2.20 bits per heavy atom. The van der Waals surface area contributed by atoms with Crippen molar-refractivity contribution < 1.29 is 22.1 Å². The minimum atomic E-state index is -3.88. The molecule has 4 rings (SSSR count). The molecule has 4 aromatic rings. The van der Waals surface area contributed by atoms with Crippen molar-refractivity contribution in [3.8, 4) is 17.0 Å². The number of nitrogens with one attached hydrogen (secondary N) is 1. The van der Waals surface area contributed by atoms with Crippen LogP contribution in [0.3, 0.4) is 0 Å². The number of sulfonamides is 1. The Labute approximate surface area is 173 Å². The summed E-state index contributed by atoms with van der Waals surface area (Å²) in [4.78, 5) is 0.107. The van der Waals surface area contributed by atoms with Crippen molar-refractivity contribution in [3.63, 3.8) is 0 Å². The van der Waals surface area contributed by atoms with E-state index in [-0.39, 0.29) is 28.8 Å². The monoisotopic (exact) mass is 424 g/mol. The van der Waals surface area contributed by atoms with E-state index in [4.69, 9.17) is 9.26 Å². The number of ether oxygens (including phenoxy) is 1. The summed E-state index contributed by atoms with van der Waals surface area (Å²) in [6, 6.07) is 22.5. The number of hydrogen-bond donors (Lipinski definition) is 1. The van der Waals surface area contributed by atoms with Gasteiger partial charge in [0.2, 0.25) is 0 Å². The van der Waals surface area contributed by atoms with Gasteiger partial charge in [-0.05, 0) is 36.4 Å². The van der Waals surface area contributed by atoms with Crippen molar-refractivity contribution in [1.29, 1.82) is 0 Å². The van der Waals surface area contributed by atoms with E-state index in [9.17, 15) is 12.8 Å². The van der Waals surface area contributed by atoms with Gasteiger partial charge in [0.25, 0.3) is 10.0 Å². The van der Waals surface area contributed by atoms with Crippen LogP contribution in [-0.2, 0) is 16.6 Å². The molecule has 0 amide bonds. The van der Waals surface area contributed by atoms with Gasteiger partial charge in [-0.15, -0.1) is 0 Å². The summed E-state index contributed by atoms with van der Waals surface area (Å²) < 4.78 is 52.5. The fraction of sp³-hybridized carbons (Fsp3) is 0.0455. The molecule has 0 aliphatic heterocycles. The Bertz CT molecular complexity index is 1230. The molecule has 0 spiro atoms. The molecule has 8 heteroatoms. The average molecular weight is 424 g/mol. The molecule has 0 atom stereocenters. The van der Waals surface area contributed by atoms with Crippen LogP contribution in [-0.4, -0.2) is 13.6 Å². The second-order valence-corrected chi connectivity index (χ2v) is 8.04. The zero-order valence-corrected chi connectivity index (χ0v) is 16.5. The van der Waals surface area contributed by atoms with E-state index in [1.54, 1.807) is 30.3 Å². The summed E-state index contributed by atoms with van der Waals surface area (Å²) in [7, 11) is -3.88. The largest absolute Gasteiger partial charge is 0.485 e. The number of nitrogens with zero attached hydrogens (tertiary/aromatic N) is 1. The van der Waals surface area contributed by atoms with Gasteiger partial charge in [-0.3, -0.25) is 4.72 Å². The zero-order chi connectivity index (χ0) is 21.0. The highest BCUT2D eigenvalue weighted by Gasteiger charge is 2.24. The number of rotatable bonds is 7. The van der Waals surface area contributed by atoms with Crippen molar-refractivity contribution in [2.24, 2.45) is 0 Å². The SMILES string of the molecule is O=S(=O)(Nc1c(-c2ccccc2)noc1COc1ccc(F)cc1)c1ccccc1. The summed E-state index contributed by atoms with van der Waals surface area (Å²) in [5.41, 5.74) is 1.21. The first-order valence-electron chi connectivity index (χ1n) is 9.03. The van der Waals surface area contributed by atoms with Crippen LogP contribution < -0.4 is 9.46 Å². The standard InChI is InChI=1S/C22H17FN2O4S/c23-17-11-13-18(14-12-17)28-15-20-22(21(24-29-20)16-7-3-1-4-8-16)25-30(26,27)19-9-5-2-6-10-19/h1-14,25H,15H2. The van der Waals surface area contributed by atoms with Crippen LogP contribution in [0.15, 0.2) is 94.3 Å². The first-order valence-corrected chi connectivity index (χ1v) is 10.5. The molecule has 3 aromatic carbocycles. The van der Waals surface area contributed by atoms with Crippen molar-refractivity contribution in [2.75, 3.05) is 4.72 Å². The molecule has 152 valence electrons. The molecule has 0 bridgehead atoms. The minimum Gasteiger partial charge on any atom is -0.485 e. The number of anilines is 1. The number of halogens is 1. The molecular weight excluding hydrogens is 407 g/mol. The molecule has 30 heavy (non-hydrogen) atoms. The molecule has 0 fully saturated rings. The quantitative estimate of drug-likeness (QED) is 0.458. The van der Waals surface area contributed by atoms with Crippen molar-refractivity contribution in [2.45, 2.75) is 11.5 Å². The van der Waals surface area contributed by atoms with E-state index in [2.05, 4.69) is 9.88 Å². The smallest absolute Gasteiger partial charge is 0.262 e. The zero-order valence-electron chi connectivity index (χ0n) is 15.7. The minimum absolute atomic E-state index is 0.0991. The van der Waals surface area contributed by atoms with Gasteiger partial charge in [0.1, 0.15) is 22.9 Å². The van der Waals surface area contributed by atoms with Gasteiger partial charge >= 0.3 is 0 Å². The van der Waals surface area contributed by atoms with E-state index < -0.39 is 10.0 Å². The molecule has 1 heterocycles. The van der Waals surface area contributed by atoms with Crippen molar-refractivity contribution >= 4 is 15.7 Å². The summed E-state index contributed by atoms with van der Waals surface area (Å²) in [5, 5.41) is 4.05.